The van der Waals surface area contributed by atoms with Crippen LogP contribution in [0.4, 0.5) is 4.39 Å². The molecule has 1 heterocycles. The molecule has 0 fully saturated rings. The van der Waals surface area contributed by atoms with Crippen molar-refractivity contribution in [2.24, 2.45) is 0 Å². The van der Waals surface area contributed by atoms with Crippen molar-refractivity contribution in [2.45, 2.75) is 13.8 Å². The average Bonchev–Trinajstić information content (AvgIpc) is 2.19. The number of benzene rings is 1. The van der Waals surface area contributed by atoms with Crippen molar-refractivity contribution in [3.05, 3.63) is 46.2 Å². The van der Waals surface area contributed by atoms with E-state index in [1.165, 1.54) is 12.4 Å². The van der Waals surface area contributed by atoms with E-state index in [1.54, 1.807) is 6.20 Å². The molecule has 16 heavy (non-hydrogen) atoms. The van der Waals surface area contributed by atoms with Crippen molar-refractivity contribution in [3.8, 4) is 11.1 Å². The number of rotatable bonds is 1. The Morgan fingerprint density at radius 3 is 2.62 bits per heavy atom. The van der Waals surface area contributed by atoms with Gasteiger partial charge in [0.15, 0.2) is 0 Å². The van der Waals surface area contributed by atoms with Gasteiger partial charge in [-0.1, -0.05) is 6.07 Å². The van der Waals surface area contributed by atoms with Crippen LogP contribution in [0.5, 0.6) is 0 Å². The van der Waals surface area contributed by atoms with Crippen molar-refractivity contribution in [2.75, 3.05) is 0 Å². The van der Waals surface area contributed by atoms with Gasteiger partial charge in [0.05, 0.1) is 0 Å². The van der Waals surface area contributed by atoms with E-state index in [0.29, 0.717) is 15.7 Å². The molecule has 0 saturated carbocycles. The second-order valence-corrected chi connectivity index (χ2v) is 4.42. The SMILES string of the molecule is Cc1cc(C)c(-c2cncnc2Br)c(F)c1. The van der Waals surface area contributed by atoms with Gasteiger partial charge in [0.25, 0.3) is 0 Å². The van der Waals surface area contributed by atoms with Crippen molar-refractivity contribution in [1.82, 2.24) is 9.97 Å². The first-order chi connectivity index (χ1) is 7.59. The zero-order valence-corrected chi connectivity index (χ0v) is 10.5. The van der Waals surface area contributed by atoms with E-state index in [9.17, 15) is 4.39 Å². The molecular weight excluding hydrogens is 271 g/mol. The predicted molar refractivity (Wildman–Crippen MR) is 64.6 cm³/mol. The van der Waals surface area contributed by atoms with E-state index in [0.717, 1.165) is 11.1 Å². The molecule has 1 aromatic carbocycles. The highest BCUT2D eigenvalue weighted by Gasteiger charge is 2.12. The second kappa shape index (κ2) is 4.29. The molecule has 0 unspecified atom stereocenters. The molecular formula is C12H10BrFN2. The molecule has 0 amide bonds. The van der Waals surface area contributed by atoms with E-state index < -0.39 is 0 Å². The van der Waals surface area contributed by atoms with Crippen LogP contribution in [0.15, 0.2) is 29.3 Å². The van der Waals surface area contributed by atoms with Gasteiger partial charge in [-0.05, 0) is 47.0 Å². The topological polar surface area (TPSA) is 25.8 Å². The first-order valence-electron chi connectivity index (χ1n) is 4.82. The quantitative estimate of drug-likeness (QED) is 0.745. The summed E-state index contributed by atoms with van der Waals surface area (Å²) in [5.41, 5.74) is 3.02. The van der Waals surface area contributed by atoms with Crippen molar-refractivity contribution < 1.29 is 4.39 Å². The average molecular weight is 281 g/mol. The van der Waals surface area contributed by atoms with Gasteiger partial charge in [-0.2, -0.15) is 0 Å². The van der Waals surface area contributed by atoms with Gasteiger partial charge in [-0.25, -0.2) is 14.4 Å². The molecule has 0 aliphatic carbocycles. The van der Waals surface area contributed by atoms with Crippen LogP contribution in [0.1, 0.15) is 11.1 Å². The lowest BCUT2D eigenvalue weighted by molar-refractivity contribution is 0.628. The fraction of sp³-hybridized carbons (Fsp3) is 0.167. The summed E-state index contributed by atoms with van der Waals surface area (Å²) in [7, 11) is 0. The summed E-state index contributed by atoms with van der Waals surface area (Å²) in [6.45, 7) is 3.75. The number of aromatic nitrogens is 2. The highest BCUT2D eigenvalue weighted by molar-refractivity contribution is 9.10. The van der Waals surface area contributed by atoms with Crippen molar-refractivity contribution in [1.29, 1.82) is 0 Å². The number of hydrogen-bond acceptors (Lipinski definition) is 2. The van der Waals surface area contributed by atoms with Crippen LogP contribution in [0.2, 0.25) is 0 Å². The summed E-state index contributed by atoms with van der Waals surface area (Å²) in [6, 6.07) is 3.46. The number of hydrogen-bond donors (Lipinski definition) is 0. The normalized spacial score (nSPS) is 10.5. The largest absolute Gasteiger partial charge is 0.244 e. The zero-order chi connectivity index (χ0) is 11.7. The van der Waals surface area contributed by atoms with Gasteiger partial charge in [-0.3, -0.25) is 0 Å². The smallest absolute Gasteiger partial charge is 0.131 e. The van der Waals surface area contributed by atoms with E-state index in [1.807, 2.05) is 19.9 Å². The lowest BCUT2D eigenvalue weighted by Gasteiger charge is -2.09. The maximum Gasteiger partial charge on any atom is 0.131 e. The molecule has 82 valence electrons. The molecule has 0 saturated heterocycles. The molecule has 2 aromatic rings. The predicted octanol–water partition coefficient (Wildman–Crippen LogP) is 3.66. The fourth-order valence-electron chi connectivity index (χ4n) is 1.74. The van der Waals surface area contributed by atoms with Gasteiger partial charge in [0, 0.05) is 17.3 Å². The van der Waals surface area contributed by atoms with Gasteiger partial charge >= 0.3 is 0 Å². The standard InChI is InChI=1S/C12H10BrFN2/c1-7-3-8(2)11(10(14)4-7)9-5-15-6-16-12(9)13/h3-6H,1-2H3. The number of nitrogens with zero attached hydrogens (tertiary/aromatic N) is 2. The minimum absolute atomic E-state index is 0.243. The Hall–Kier alpha value is -1.29. The van der Waals surface area contributed by atoms with E-state index in [-0.39, 0.29) is 5.82 Å². The van der Waals surface area contributed by atoms with Crippen LogP contribution in [-0.4, -0.2) is 9.97 Å². The van der Waals surface area contributed by atoms with Crippen LogP contribution in [0.25, 0.3) is 11.1 Å². The Morgan fingerprint density at radius 1 is 1.25 bits per heavy atom. The van der Waals surface area contributed by atoms with Crippen molar-refractivity contribution >= 4 is 15.9 Å². The summed E-state index contributed by atoms with van der Waals surface area (Å²) < 4.78 is 14.5. The van der Waals surface area contributed by atoms with Gasteiger partial charge in [0.1, 0.15) is 16.7 Å². The minimum Gasteiger partial charge on any atom is -0.244 e. The zero-order valence-electron chi connectivity index (χ0n) is 8.96. The summed E-state index contributed by atoms with van der Waals surface area (Å²) in [5.74, 6) is -0.243. The van der Waals surface area contributed by atoms with E-state index in [2.05, 4.69) is 25.9 Å². The molecule has 1 aromatic heterocycles. The van der Waals surface area contributed by atoms with Gasteiger partial charge < -0.3 is 0 Å². The molecule has 0 aliphatic heterocycles. The highest BCUT2D eigenvalue weighted by atomic mass is 79.9. The molecule has 2 rings (SSSR count). The molecule has 4 heteroatoms. The Kier molecular flexibility index (Phi) is 3.01. The van der Waals surface area contributed by atoms with Crippen LogP contribution in [0.3, 0.4) is 0 Å². The van der Waals surface area contributed by atoms with E-state index in [4.69, 9.17) is 0 Å². The summed E-state index contributed by atoms with van der Waals surface area (Å²) in [5, 5.41) is 0. The van der Waals surface area contributed by atoms with Crippen molar-refractivity contribution in [3.63, 3.8) is 0 Å². The summed E-state index contributed by atoms with van der Waals surface area (Å²) in [4.78, 5) is 7.92. The molecule has 2 nitrogen and oxygen atoms in total. The third-order valence-corrected chi connectivity index (χ3v) is 3.00. The Morgan fingerprint density at radius 2 is 2.00 bits per heavy atom. The molecule has 0 radical (unpaired) electrons. The number of halogens is 2. The minimum atomic E-state index is -0.243. The monoisotopic (exact) mass is 280 g/mol. The maximum atomic E-state index is 13.9. The first kappa shape index (κ1) is 11.2. The molecule has 0 bridgehead atoms. The first-order valence-corrected chi connectivity index (χ1v) is 5.61. The van der Waals surface area contributed by atoms with Crippen LogP contribution < -0.4 is 0 Å². The van der Waals surface area contributed by atoms with Crippen LogP contribution in [-0.2, 0) is 0 Å². The van der Waals surface area contributed by atoms with Gasteiger partial charge in [-0.15, -0.1) is 0 Å². The van der Waals surface area contributed by atoms with Gasteiger partial charge in [0.2, 0.25) is 0 Å². The molecule has 0 aliphatic rings. The Bertz CT molecular complexity index is 517. The summed E-state index contributed by atoms with van der Waals surface area (Å²) >= 11 is 3.30. The highest BCUT2D eigenvalue weighted by Crippen LogP contribution is 2.31. The Balaban J connectivity index is 2.70. The third-order valence-electron chi connectivity index (χ3n) is 2.36. The number of aryl methyl sites for hydroxylation is 2. The van der Waals surface area contributed by atoms with Crippen LogP contribution >= 0.6 is 15.9 Å². The third kappa shape index (κ3) is 1.97. The lowest BCUT2D eigenvalue weighted by atomic mass is 10.0. The second-order valence-electron chi connectivity index (χ2n) is 3.67. The fourth-order valence-corrected chi connectivity index (χ4v) is 2.13. The maximum absolute atomic E-state index is 13.9. The lowest BCUT2D eigenvalue weighted by Crippen LogP contribution is -1.93. The molecule has 0 spiro atoms. The van der Waals surface area contributed by atoms with Crippen LogP contribution in [0, 0.1) is 19.7 Å². The summed E-state index contributed by atoms with van der Waals surface area (Å²) in [6.07, 6.45) is 3.03. The van der Waals surface area contributed by atoms with E-state index >= 15 is 0 Å². The molecule has 0 atom stereocenters. The Labute approximate surface area is 102 Å². The molecule has 0 N–H and O–H groups in total.